The minimum atomic E-state index is -3.76. The van der Waals surface area contributed by atoms with Crippen LogP contribution in [0.5, 0.6) is 5.88 Å². The van der Waals surface area contributed by atoms with Crippen molar-refractivity contribution in [3.05, 3.63) is 35.3 Å². The Hall–Kier alpha value is -2.66. The molecule has 2 heterocycles. The first kappa shape index (κ1) is 23.0. The van der Waals surface area contributed by atoms with Crippen molar-refractivity contribution < 1.29 is 22.9 Å². The average Bonchev–Trinajstić information content (AvgIpc) is 3.12. The van der Waals surface area contributed by atoms with Crippen molar-refractivity contribution in [1.82, 2.24) is 14.5 Å². The molecule has 2 amide bonds. The first-order chi connectivity index (χ1) is 14.5. The highest BCUT2D eigenvalue weighted by Gasteiger charge is 2.29. The number of hydrogen-bond donors (Lipinski definition) is 3. The molecule has 1 unspecified atom stereocenters. The van der Waals surface area contributed by atoms with Gasteiger partial charge < -0.3 is 14.8 Å². The molecular weight excluding hydrogens is 425 g/mol. The number of urea groups is 1. The highest BCUT2D eigenvalue weighted by Crippen LogP contribution is 2.34. The van der Waals surface area contributed by atoms with Gasteiger partial charge in [-0.1, -0.05) is 27.7 Å². The zero-order valence-corrected chi connectivity index (χ0v) is 19.0. The molecule has 1 aliphatic rings. The number of carbonyl (C=O) groups is 1. The standard InChI is InChI=1S/C20H28FN5O4S/c1-11(2)15-6-13(21)7-16(12(3)4)18(15)24-20(27)25-31(22,28)17-8-23-26-9-14(29-5)10-30-19(17)26/h6-8,11-12,14H,9-10H2,1-5H3,(H3,22,24,25,27,28)/t14-,31?/m0/s1. The van der Waals surface area contributed by atoms with E-state index in [9.17, 15) is 13.4 Å². The van der Waals surface area contributed by atoms with E-state index in [1.54, 1.807) is 7.11 Å². The quantitative estimate of drug-likeness (QED) is 0.614. The predicted molar refractivity (Wildman–Crippen MR) is 114 cm³/mol. The van der Waals surface area contributed by atoms with Crippen molar-refractivity contribution in [1.29, 1.82) is 4.78 Å². The summed E-state index contributed by atoms with van der Waals surface area (Å²) in [6.45, 7) is 8.16. The van der Waals surface area contributed by atoms with Gasteiger partial charge in [0.25, 0.3) is 0 Å². The smallest absolute Gasteiger partial charge is 0.331 e. The Kier molecular flexibility index (Phi) is 6.56. The van der Waals surface area contributed by atoms with Gasteiger partial charge in [0.2, 0.25) is 5.88 Å². The molecule has 0 radical (unpaired) electrons. The van der Waals surface area contributed by atoms with Gasteiger partial charge in [0.1, 0.15) is 23.4 Å². The molecule has 0 aliphatic carbocycles. The Labute approximate surface area is 181 Å². The molecule has 1 aliphatic heterocycles. The van der Waals surface area contributed by atoms with Crippen LogP contribution < -0.4 is 14.8 Å². The predicted octanol–water partition coefficient (Wildman–Crippen LogP) is 3.82. The number of benzene rings is 1. The molecule has 3 N–H and O–H groups in total. The second-order valence-electron chi connectivity index (χ2n) is 8.05. The van der Waals surface area contributed by atoms with Crippen LogP contribution in [-0.2, 0) is 21.2 Å². The molecule has 0 saturated heterocycles. The molecular formula is C20H28FN5O4S. The summed E-state index contributed by atoms with van der Waals surface area (Å²) >= 11 is 0. The van der Waals surface area contributed by atoms with Gasteiger partial charge in [0.05, 0.1) is 12.7 Å². The number of rotatable bonds is 6. The average molecular weight is 454 g/mol. The summed E-state index contributed by atoms with van der Waals surface area (Å²) in [5.74, 6) is -0.343. The van der Waals surface area contributed by atoms with Gasteiger partial charge in [-0.25, -0.2) is 27.6 Å². The van der Waals surface area contributed by atoms with Crippen LogP contribution in [0.4, 0.5) is 14.9 Å². The van der Waals surface area contributed by atoms with Crippen molar-refractivity contribution in [2.75, 3.05) is 19.0 Å². The lowest BCUT2D eigenvalue weighted by atomic mass is 9.92. The zero-order chi connectivity index (χ0) is 22.9. The van der Waals surface area contributed by atoms with Crippen molar-refractivity contribution >= 4 is 21.6 Å². The molecule has 2 aromatic rings. The highest BCUT2D eigenvalue weighted by molar-refractivity contribution is 7.91. The number of hydrogen-bond acceptors (Lipinski definition) is 6. The lowest BCUT2D eigenvalue weighted by Crippen LogP contribution is -2.35. The number of amides is 2. The fourth-order valence-corrected chi connectivity index (χ4v) is 4.45. The topological polar surface area (TPSA) is 118 Å². The van der Waals surface area contributed by atoms with Crippen LogP contribution in [0.3, 0.4) is 0 Å². The highest BCUT2D eigenvalue weighted by atomic mass is 32.2. The van der Waals surface area contributed by atoms with E-state index in [4.69, 9.17) is 14.3 Å². The molecule has 9 nitrogen and oxygen atoms in total. The number of fused-ring (bicyclic) bond motifs is 1. The van der Waals surface area contributed by atoms with Gasteiger partial charge in [0, 0.05) is 12.8 Å². The SMILES string of the molecule is CO[C@@H]1COc2c(S(=N)(=O)NC(=O)Nc3c(C(C)C)cc(F)cc3C(C)C)cnn2C1. The molecule has 170 valence electrons. The van der Waals surface area contributed by atoms with Crippen LogP contribution in [0, 0.1) is 10.6 Å². The van der Waals surface area contributed by atoms with E-state index < -0.39 is 15.9 Å². The van der Waals surface area contributed by atoms with E-state index in [1.165, 1.54) is 23.0 Å². The number of nitrogens with zero attached hydrogens (tertiary/aromatic N) is 2. The molecule has 11 heteroatoms. The Morgan fingerprint density at radius 2 is 1.94 bits per heavy atom. The van der Waals surface area contributed by atoms with Crippen LogP contribution in [0.25, 0.3) is 0 Å². The Morgan fingerprint density at radius 3 is 2.48 bits per heavy atom. The molecule has 0 saturated carbocycles. The van der Waals surface area contributed by atoms with Gasteiger partial charge in [-0.05, 0) is 35.1 Å². The Balaban J connectivity index is 1.86. The summed E-state index contributed by atoms with van der Waals surface area (Å²) in [5.41, 5.74) is 1.69. The van der Waals surface area contributed by atoms with Gasteiger partial charge >= 0.3 is 6.03 Å². The van der Waals surface area contributed by atoms with Gasteiger partial charge in [-0.15, -0.1) is 0 Å². The van der Waals surface area contributed by atoms with E-state index in [0.29, 0.717) is 23.4 Å². The summed E-state index contributed by atoms with van der Waals surface area (Å²) in [6.07, 6.45) is 1.04. The lowest BCUT2D eigenvalue weighted by Gasteiger charge is -2.24. The van der Waals surface area contributed by atoms with Gasteiger partial charge in [-0.3, -0.25) is 0 Å². The van der Waals surface area contributed by atoms with Crippen LogP contribution >= 0.6 is 0 Å². The first-order valence-electron chi connectivity index (χ1n) is 9.95. The number of methoxy groups -OCH3 is 1. The van der Waals surface area contributed by atoms with Crippen molar-refractivity contribution in [2.24, 2.45) is 0 Å². The van der Waals surface area contributed by atoms with Crippen molar-refractivity contribution in [3.63, 3.8) is 0 Å². The van der Waals surface area contributed by atoms with E-state index >= 15 is 0 Å². The van der Waals surface area contributed by atoms with Crippen LogP contribution in [-0.4, -0.2) is 39.8 Å². The third-order valence-electron chi connectivity index (χ3n) is 5.07. The second kappa shape index (κ2) is 8.83. The third-order valence-corrected chi connectivity index (χ3v) is 6.44. The Bertz CT molecular complexity index is 1050. The maximum atomic E-state index is 14.1. The summed E-state index contributed by atoms with van der Waals surface area (Å²) in [5, 5.41) is 6.78. The molecule has 1 aromatic heterocycles. The minimum absolute atomic E-state index is 0.0236. The molecule has 31 heavy (non-hydrogen) atoms. The first-order valence-corrected chi connectivity index (χ1v) is 11.5. The number of nitrogens with one attached hydrogen (secondary N) is 3. The molecule has 3 rings (SSSR count). The number of ether oxygens (including phenoxy) is 2. The number of anilines is 1. The maximum absolute atomic E-state index is 14.1. The maximum Gasteiger partial charge on any atom is 0.331 e. The summed E-state index contributed by atoms with van der Waals surface area (Å²) in [4.78, 5) is 12.7. The van der Waals surface area contributed by atoms with Gasteiger partial charge in [-0.2, -0.15) is 5.10 Å². The Morgan fingerprint density at radius 1 is 1.32 bits per heavy atom. The van der Waals surface area contributed by atoms with Crippen LogP contribution in [0.15, 0.2) is 23.2 Å². The summed E-state index contributed by atoms with van der Waals surface area (Å²) < 4.78 is 49.9. The number of halogens is 1. The van der Waals surface area contributed by atoms with E-state index in [2.05, 4.69) is 15.1 Å². The van der Waals surface area contributed by atoms with Crippen molar-refractivity contribution in [3.8, 4) is 5.88 Å². The van der Waals surface area contributed by atoms with Gasteiger partial charge in [0.15, 0.2) is 9.92 Å². The van der Waals surface area contributed by atoms with E-state index in [0.717, 1.165) is 0 Å². The summed E-state index contributed by atoms with van der Waals surface area (Å²) in [7, 11) is -2.21. The number of aromatic nitrogens is 2. The minimum Gasteiger partial charge on any atom is -0.474 e. The summed E-state index contributed by atoms with van der Waals surface area (Å²) in [6, 6.07) is 1.91. The zero-order valence-electron chi connectivity index (χ0n) is 18.2. The molecule has 2 atom stereocenters. The second-order valence-corrected chi connectivity index (χ2v) is 9.80. The van der Waals surface area contributed by atoms with Crippen LogP contribution in [0.1, 0.15) is 50.7 Å². The fourth-order valence-electron chi connectivity index (χ4n) is 3.42. The molecule has 0 fully saturated rings. The number of carbonyl (C=O) groups excluding carboxylic acids is 1. The molecule has 0 bridgehead atoms. The van der Waals surface area contributed by atoms with Crippen molar-refractivity contribution in [2.45, 2.75) is 57.1 Å². The lowest BCUT2D eigenvalue weighted by molar-refractivity contribution is 0.0165. The largest absolute Gasteiger partial charge is 0.474 e. The third kappa shape index (κ3) is 4.82. The van der Waals surface area contributed by atoms with E-state index in [-0.39, 0.29) is 41.1 Å². The fraction of sp³-hybridized carbons (Fsp3) is 0.500. The molecule has 1 aromatic carbocycles. The molecule has 0 spiro atoms. The normalized spacial score (nSPS) is 17.7. The van der Waals surface area contributed by atoms with E-state index in [1.807, 2.05) is 27.7 Å². The van der Waals surface area contributed by atoms with Crippen LogP contribution in [0.2, 0.25) is 0 Å². The monoisotopic (exact) mass is 453 g/mol.